The van der Waals surface area contributed by atoms with Crippen LogP contribution in [-0.2, 0) is 4.79 Å². The van der Waals surface area contributed by atoms with Crippen LogP contribution >= 0.6 is 11.8 Å². The van der Waals surface area contributed by atoms with E-state index >= 15 is 0 Å². The molecule has 144 valence electrons. The lowest BCUT2D eigenvalue weighted by Gasteiger charge is -2.38. The number of hydrogen-bond acceptors (Lipinski definition) is 6. The van der Waals surface area contributed by atoms with Crippen molar-refractivity contribution in [3.63, 3.8) is 0 Å². The molecule has 0 spiro atoms. The summed E-state index contributed by atoms with van der Waals surface area (Å²) in [6.45, 7) is 5.83. The van der Waals surface area contributed by atoms with Crippen LogP contribution in [0.5, 0.6) is 0 Å². The van der Waals surface area contributed by atoms with Gasteiger partial charge in [0.15, 0.2) is 5.82 Å². The largest absolute Gasteiger partial charge is 0.352 e. The van der Waals surface area contributed by atoms with Crippen LogP contribution in [0.4, 0.5) is 5.82 Å². The van der Waals surface area contributed by atoms with E-state index in [9.17, 15) is 4.79 Å². The van der Waals surface area contributed by atoms with Crippen molar-refractivity contribution in [3.8, 4) is 0 Å². The number of H-pyrrole nitrogens is 1. The van der Waals surface area contributed by atoms with Crippen LogP contribution < -0.4 is 10.2 Å². The smallest absolute Gasteiger partial charge is 0.240 e. The molecule has 3 saturated heterocycles. The summed E-state index contributed by atoms with van der Waals surface area (Å²) in [4.78, 5) is 19.5. The zero-order valence-electron chi connectivity index (χ0n) is 15.4. The fourth-order valence-corrected chi connectivity index (χ4v) is 5.44. The Hall–Kier alpha value is -1.77. The fourth-order valence-electron chi connectivity index (χ4n) is 4.48. The molecule has 2 aromatic rings. The number of nitrogens with one attached hydrogen (secondary N) is 2. The van der Waals surface area contributed by atoms with E-state index in [4.69, 9.17) is 0 Å². The molecule has 0 saturated carbocycles. The first-order valence-corrected chi connectivity index (χ1v) is 11.0. The number of benzene rings is 1. The summed E-state index contributed by atoms with van der Waals surface area (Å²) in [5.74, 6) is 3.29. The maximum atomic E-state index is 12.6. The summed E-state index contributed by atoms with van der Waals surface area (Å²) >= 11 is 1.85. The average Bonchev–Trinajstić information content (AvgIpc) is 3.48. The summed E-state index contributed by atoms with van der Waals surface area (Å²) in [5.41, 5.74) is 1.09. The zero-order chi connectivity index (χ0) is 18.2. The summed E-state index contributed by atoms with van der Waals surface area (Å²) in [5, 5.41) is 12.3. The Labute approximate surface area is 163 Å². The van der Waals surface area contributed by atoms with Crippen LogP contribution in [0.1, 0.15) is 6.42 Å². The predicted octanol–water partition coefficient (Wildman–Crippen LogP) is 0.948. The lowest BCUT2D eigenvalue weighted by atomic mass is 10.1. The molecule has 7 nitrogen and oxygen atoms in total. The molecule has 3 aliphatic rings. The Kier molecular flexibility index (Phi) is 4.71. The minimum absolute atomic E-state index is 0.00186. The number of carbonyl (C=O) groups is 1. The molecular weight excluding hydrogens is 360 g/mol. The SMILES string of the molecule is O=C([C@@H]1C[C@H](N2CCN(c3n[nH]c4ccccc34)CC2)CN1)N1CCSC1. The first-order valence-electron chi connectivity index (χ1n) is 9.81. The molecule has 0 aliphatic carbocycles. The Bertz CT molecular complexity index is 811. The number of aromatic nitrogens is 2. The molecule has 4 heterocycles. The van der Waals surface area contributed by atoms with Gasteiger partial charge in [0.2, 0.25) is 5.91 Å². The lowest BCUT2D eigenvalue weighted by molar-refractivity contribution is -0.131. The molecule has 1 aromatic carbocycles. The number of rotatable bonds is 3. The van der Waals surface area contributed by atoms with E-state index in [1.165, 1.54) is 5.39 Å². The van der Waals surface area contributed by atoms with E-state index in [2.05, 4.69) is 43.5 Å². The van der Waals surface area contributed by atoms with Crippen LogP contribution in [0, 0.1) is 0 Å². The lowest BCUT2D eigenvalue weighted by Crippen LogP contribution is -2.51. The molecular formula is C19H26N6OS. The minimum Gasteiger partial charge on any atom is -0.352 e. The monoisotopic (exact) mass is 386 g/mol. The highest BCUT2D eigenvalue weighted by Crippen LogP contribution is 2.26. The Morgan fingerprint density at radius 1 is 1.15 bits per heavy atom. The van der Waals surface area contributed by atoms with Crippen LogP contribution in [0.15, 0.2) is 24.3 Å². The van der Waals surface area contributed by atoms with E-state index in [0.717, 1.165) is 68.7 Å². The molecule has 3 aliphatic heterocycles. The minimum atomic E-state index is 0.00186. The maximum absolute atomic E-state index is 12.6. The fraction of sp³-hybridized carbons (Fsp3) is 0.579. The van der Waals surface area contributed by atoms with Gasteiger partial charge in [-0.25, -0.2) is 0 Å². The van der Waals surface area contributed by atoms with Gasteiger partial charge in [-0.1, -0.05) is 12.1 Å². The van der Waals surface area contributed by atoms with Gasteiger partial charge in [-0.15, -0.1) is 11.8 Å². The molecule has 27 heavy (non-hydrogen) atoms. The van der Waals surface area contributed by atoms with Crippen molar-refractivity contribution in [2.75, 3.05) is 55.8 Å². The number of carbonyl (C=O) groups excluding carboxylic acids is 1. The first kappa shape index (κ1) is 17.3. The van der Waals surface area contributed by atoms with Crippen LogP contribution in [0.25, 0.3) is 10.9 Å². The molecule has 2 N–H and O–H groups in total. The predicted molar refractivity (Wildman–Crippen MR) is 109 cm³/mol. The van der Waals surface area contributed by atoms with E-state index < -0.39 is 0 Å². The van der Waals surface area contributed by atoms with Gasteiger partial charge in [0, 0.05) is 56.4 Å². The molecule has 1 amide bonds. The number of para-hydroxylation sites is 1. The maximum Gasteiger partial charge on any atom is 0.240 e. The third-order valence-electron chi connectivity index (χ3n) is 6.05. The summed E-state index contributed by atoms with van der Waals surface area (Å²) in [7, 11) is 0. The number of hydrogen-bond donors (Lipinski definition) is 2. The van der Waals surface area contributed by atoms with Gasteiger partial charge in [-0.05, 0) is 18.6 Å². The molecule has 0 unspecified atom stereocenters. The van der Waals surface area contributed by atoms with E-state index in [1.807, 2.05) is 22.7 Å². The van der Waals surface area contributed by atoms with E-state index in [-0.39, 0.29) is 6.04 Å². The van der Waals surface area contributed by atoms with Gasteiger partial charge in [0.1, 0.15) is 0 Å². The van der Waals surface area contributed by atoms with Gasteiger partial charge in [-0.2, -0.15) is 5.10 Å². The van der Waals surface area contributed by atoms with Crippen molar-refractivity contribution in [3.05, 3.63) is 24.3 Å². The average molecular weight is 387 g/mol. The molecule has 1 aromatic heterocycles. The van der Waals surface area contributed by atoms with Crippen molar-refractivity contribution >= 4 is 34.4 Å². The highest BCUT2D eigenvalue weighted by atomic mass is 32.2. The number of fused-ring (bicyclic) bond motifs is 1. The molecule has 0 bridgehead atoms. The normalized spacial score (nSPS) is 27.0. The first-order chi connectivity index (χ1) is 13.3. The second-order valence-corrected chi connectivity index (χ2v) is 8.68. The molecule has 2 atom stereocenters. The quantitative estimate of drug-likeness (QED) is 0.819. The summed E-state index contributed by atoms with van der Waals surface area (Å²) in [6, 6.07) is 8.77. The summed E-state index contributed by atoms with van der Waals surface area (Å²) in [6.07, 6.45) is 0.936. The van der Waals surface area contributed by atoms with Crippen molar-refractivity contribution in [1.82, 2.24) is 25.3 Å². The van der Waals surface area contributed by atoms with Gasteiger partial charge in [-0.3, -0.25) is 14.8 Å². The third kappa shape index (κ3) is 3.30. The highest BCUT2D eigenvalue weighted by molar-refractivity contribution is 7.99. The Balaban J connectivity index is 1.18. The van der Waals surface area contributed by atoms with Crippen LogP contribution in [-0.4, -0.2) is 88.9 Å². The second-order valence-electron chi connectivity index (χ2n) is 7.61. The van der Waals surface area contributed by atoms with Crippen molar-refractivity contribution in [2.24, 2.45) is 0 Å². The molecule has 5 rings (SSSR count). The van der Waals surface area contributed by atoms with Crippen LogP contribution in [0.3, 0.4) is 0 Å². The number of amides is 1. The van der Waals surface area contributed by atoms with E-state index in [0.29, 0.717) is 11.9 Å². The van der Waals surface area contributed by atoms with Gasteiger partial charge in [0.05, 0.1) is 17.4 Å². The Morgan fingerprint density at radius 2 is 2.00 bits per heavy atom. The van der Waals surface area contributed by atoms with Gasteiger partial charge in [0.25, 0.3) is 0 Å². The van der Waals surface area contributed by atoms with Crippen molar-refractivity contribution < 1.29 is 4.79 Å². The highest BCUT2D eigenvalue weighted by Gasteiger charge is 2.36. The Morgan fingerprint density at radius 3 is 2.81 bits per heavy atom. The van der Waals surface area contributed by atoms with Crippen molar-refractivity contribution in [2.45, 2.75) is 18.5 Å². The summed E-state index contributed by atoms with van der Waals surface area (Å²) < 4.78 is 0. The zero-order valence-corrected chi connectivity index (χ0v) is 16.2. The molecule has 8 heteroatoms. The number of nitrogens with zero attached hydrogens (tertiary/aromatic N) is 4. The number of piperazine rings is 1. The number of aromatic amines is 1. The standard InChI is InChI=1S/C19H26N6OS/c26-19(25-9-10-27-13-25)17-11-14(12-20-17)23-5-7-24(8-6-23)18-15-3-1-2-4-16(15)21-22-18/h1-4,14,17,20H,5-13H2,(H,21,22)/t14-,17-/m0/s1. The van der Waals surface area contributed by atoms with Crippen LogP contribution in [0.2, 0.25) is 0 Å². The van der Waals surface area contributed by atoms with Gasteiger partial charge >= 0.3 is 0 Å². The molecule has 3 fully saturated rings. The number of thioether (sulfide) groups is 1. The van der Waals surface area contributed by atoms with Gasteiger partial charge < -0.3 is 15.1 Å². The van der Waals surface area contributed by atoms with E-state index in [1.54, 1.807) is 0 Å². The third-order valence-corrected chi connectivity index (χ3v) is 7.02. The second kappa shape index (κ2) is 7.33. The molecule has 0 radical (unpaired) electrons. The number of anilines is 1. The van der Waals surface area contributed by atoms with Crippen molar-refractivity contribution in [1.29, 1.82) is 0 Å². The topological polar surface area (TPSA) is 67.5 Å².